The summed E-state index contributed by atoms with van der Waals surface area (Å²) in [7, 11) is 0. The number of nitrogens with zero attached hydrogens (tertiary/aromatic N) is 1. The van der Waals surface area contributed by atoms with Crippen LogP contribution in [-0.4, -0.2) is 0 Å². The molecule has 1 nitrogen and oxygen atoms in total. The highest BCUT2D eigenvalue weighted by atomic mass is 32.1. The summed E-state index contributed by atoms with van der Waals surface area (Å²) in [5.74, 6) is 0. The zero-order chi connectivity index (χ0) is 13.6. The van der Waals surface area contributed by atoms with E-state index in [1.807, 2.05) is 12.1 Å². The first-order valence-electron chi connectivity index (χ1n) is 6.36. The Morgan fingerprint density at radius 2 is 1.79 bits per heavy atom. The van der Waals surface area contributed by atoms with Crippen molar-refractivity contribution in [2.75, 3.05) is 0 Å². The Morgan fingerprint density at radius 3 is 2.47 bits per heavy atom. The van der Waals surface area contributed by atoms with Crippen LogP contribution in [0, 0.1) is 11.3 Å². The van der Waals surface area contributed by atoms with Gasteiger partial charge >= 0.3 is 0 Å². The predicted octanol–water partition coefficient (Wildman–Crippen LogP) is 5.22. The molecule has 3 rings (SSSR count). The van der Waals surface area contributed by atoms with Crippen LogP contribution in [0.4, 0.5) is 0 Å². The molecule has 0 saturated heterocycles. The summed E-state index contributed by atoms with van der Waals surface area (Å²) in [6.07, 6.45) is 0. The standard InChI is InChI=1S/C17H15NS/c1-17(2,3)13-8-11(10-18)9-15-16(13)12-6-4-5-7-14(12)19-15/h4-9H,1-3H3. The van der Waals surface area contributed by atoms with Crippen molar-refractivity contribution in [2.24, 2.45) is 0 Å². The smallest absolute Gasteiger partial charge is 0.0992 e. The van der Waals surface area contributed by atoms with Gasteiger partial charge in [-0.15, -0.1) is 11.3 Å². The summed E-state index contributed by atoms with van der Waals surface area (Å²) in [6, 6.07) is 14.8. The van der Waals surface area contributed by atoms with E-state index in [0.29, 0.717) is 0 Å². The van der Waals surface area contributed by atoms with E-state index in [1.54, 1.807) is 11.3 Å². The second-order valence-electron chi connectivity index (χ2n) is 5.86. The molecule has 0 aliphatic carbocycles. The molecule has 0 fully saturated rings. The highest BCUT2D eigenvalue weighted by Crippen LogP contribution is 2.40. The summed E-state index contributed by atoms with van der Waals surface area (Å²) < 4.78 is 2.50. The molecule has 2 aromatic carbocycles. The van der Waals surface area contributed by atoms with Gasteiger partial charge in [0.1, 0.15) is 0 Å². The third-order valence-corrected chi connectivity index (χ3v) is 4.53. The lowest BCUT2D eigenvalue weighted by molar-refractivity contribution is 0.596. The first kappa shape index (κ1) is 12.2. The summed E-state index contributed by atoms with van der Waals surface area (Å²) in [5.41, 5.74) is 2.05. The molecule has 94 valence electrons. The maximum Gasteiger partial charge on any atom is 0.0992 e. The fraction of sp³-hybridized carbons (Fsp3) is 0.235. The van der Waals surface area contributed by atoms with Crippen LogP contribution in [0.2, 0.25) is 0 Å². The largest absolute Gasteiger partial charge is 0.192 e. The number of rotatable bonds is 0. The molecule has 0 bridgehead atoms. The van der Waals surface area contributed by atoms with Crippen molar-refractivity contribution in [1.82, 2.24) is 0 Å². The lowest BCUT2D eigenvalue weighted by atomic mass is 9.83. The monoisotopic (exact) mass is 265 g/mol. The average Bonchev–Trinajstić information content (AvgIpc) is 2.74. The Kier molecular flexibility index (Phi) is 2.62. The highest BCUT2D eigenvalue weighted by Gasteiger charge is 2.20. The second kappa shape index (κ2) is 4.08. The quantitative estimate of drug-likeness (QED) is 0.546. The molecule has 1 aromatic heterocycles. The van der Waals surface area contributed by atoms with Crippen LogP contribution in [0.5, 0.6) is 0 Å². The molecule has 3 aromatic rings. The number of hydrogen-bond donors (Lipinski definition) is 0. The minimum absolute atomic E-state index is 0.0367. The van der Waals surface area contributed by atoms with E-state index in [9.17, 15) is 5.26 Å². The van der Waals surface area contributed by atoms with E-state index < -0.39 is 0 Å². The Balaban J connectivity index is 2.54. The average molecular weight is 265 g/mol. The first-order valence-corrected chi connectivity index (χ1v) is 7.18. The summed E-state index contributed by atoms with van der Waals surface area (Å²) >= 11 is 1.77. The van der Waals surface area contributed by atoms with Gasteiger partial charge in [0.15, 0.2) is 0 Å². The van der Waals surface area contributed by atoms with Gasteiger partial charge in [-0.1, -0.05) is 39.0 Å². The van der Waals surface area contributed by atoms with Crippen LogP contribution in [0.15, 0.2) is 36.4 Å². The van der Waals surface area contributed by atoms with Crippen LogP contribution in [-0.2, 0) is 5.41 Å². The Morgan fingerprint density at radius 1 is 1.05 bits per heavy atom. The molecule has 19 heavy (non-hydrogen) atoms. The normalized spacial score (nSPS) is 11.9. The lowest BCUT2D eigenvalue weighted by Gasteiger charge is -2.21. The van der Waals surface area contributed by atoms with Crippen LogP contribution < -0.4 is 0 Å². The van der Waals surface area contributed by atoms with Crippen molar-refractivity contribution in [3.05, 3.63) is 47.5 Å². The molecule has 0 radical (unpaired) electrons. The van der Waals surface area contributed by atoms with Gasteiger partial charge in [-0.3, -0.25) is 0 Å². The molecule has 0 saturated carbocycles. The SMILES string of the molecule is CC(C)(C)c1cc(C#N)cc2sc3ccccc3c12. The van der Waals surface area contributed by atoms with Crippen molar-refractivity contribution in [3.63, 3.8) is 0 Å². The van der Waals surface area contributed by atoms with Gasteiger partial charge in [-0.05, 0) is 29.2 Å². The molecule has 2 heteroatoms. The van der Waals surface area contributed by atoms with E-state index in [0.717, 1.165) is 5.56 Å². The first-order chi connectivity index (χ1) is 9.00. The van der Waals surface area contributed by atoms with E-state index in [2.05, 4.69) is 51.1 Å². The molecular formula is C17H15NS. The van der Waals surface area contributed by atoms with Gasteiger partial charge in [0.25, 0.3) is 0 Å². The fourth-order valence-corrected chi connectivity index (χ4v) is 3.68. The third kappa shape index (κ3) is 1.91. The fourth-order valence-electron chi connectivity index (χ4n) is 2.51. The molecule has 0 amide bonds. The summed E-state index contributed by atoms with van der Waals surface area (Å²) in [5, 5.41) is 11.8. The number of hydrogen-bond acceptors (Lipinski definition) is 2. The van der Waals surface area contributed by atoms with Crippen molar-refractivity contribution in [2.45, 2.75) is 26.2 Å². The predicted molar refractivity (Wildman–Crippen MR) is 82.7 cm³/mol. The zero-order valence-corrected chi connectivity index (χ0v) is 12.1. The van der Waals surface area contributed by atoms with Crippen LogP contribution in [0.3, 0.4) is 0 Å². The van der Waals surface area contributed by atoms with Crippen molar-refractivity contribution in [1.29, 1.82) is 5.26 Å². The number of benzene rings is 2. The van der Waals surface area contributed by atoms with E-state index in [-0.39, 0.29) is 5.41 Å². The molecular weight excluding hydrogens is 250 g/mol. The summed E-state index contributed by atoms with van der Waals surface area (Å²) in [6.45, 7) is 6.61. The Hall–Kier alpha value is -1.85. The maximum absolute atomic E-state index is 9.22. The van der Waals surface area contributed by atoms with E-state index in [4.69, 9.17) is 0 Å². The van der Waals surface area contributed by atoms with Crippen molar-refractivity contribution in [3.8, 4) is 6.07 Å². The zero-order valence-electron chi connectivity index (χ0n) is 11.3. The molecule has 0 unspecified atom stereocenters. The van der Waals surface area contributed by atoms with Gasteiger partial charge in [-0.25, -0.2) is 0 Å². The van der Waals surface area contributed by atoms with Gasteiger partial charge in [0, 0.05) is 20.2 Å². The lowest BCUT2D eigenvalue weighted by Crippen LogP contribution is -2.11. The Labute approximate surface area is 117 Å². The number of thiophene rings is 1. The van der Waals surface area contributed by atoms with Crippen LogP contribution in [0.25, 0.3) is 20.2 Å². The van der Waals surface area contributed by atoms with E-state index in [1.165, 1.54) is 25.7 Å². The van der Waals surface area contributed by atoms with Gasteiger partial charge < -0.3 is 0 Å². The van der Waals surface area contributed by atoms with Gasteiger partial charge in [-0.2, -0.15) is 5.26 Å². The third-order valence-electron chi connectivity index (χ3n) is 3.42. The van der Waals surface area contributed by atoms with Gasteiger partial charge in [0.2, 0.25) is 0 Å². The number of fused-ring (bicyclic) bond motifs is 3. The molecule has 0 spiro atoms. The minimum atomic E-state index is 0.0367. The molecule has 0 N–H and O–H groups in total. The van der Waals surface area contributed by atoms with Crippen molar-refractivity contribution < 1.29 is 0 Å². The molecule has 0 aliphatic heterocycles. The molecule has 0 atom stereocenters. The maximum atomic E-state index is 9.22. The second-order valence-corrected chi connectivity index (χ2v) is 6.94. The van der Waals surface area contributed by atoms with Crippen LogP contribution in [0.1, 0.15) is 31.9 Å². The van der Waals surface area contributed by atoms with Gasteiger partial charge in [0.05, 0.1) is 11.6 Å². The summed E-state index contributed by atoms with van der Waals surface area (Å²) in [4.78, 5) is 0. The number of nitriles is 1. The van der Waals surface area contributed by atoms with E-state index >= 15 is 0 Å². The minimum Gasteiger partial charge on any atom is -0.192 e. The molecule has 1 heterocycles. The Bertz CT molecular complexity index is 813. The molecule has 0 aliphatic rings. The topological polar surface area (TPSA) is 23.8 Å². The van der Waals surface area contributed by atoms with Crippen molar-refractivity contribution >= 4 is 31.5 Å². The van der Waals surface area contributed by atoms with Crippen LogP contribution >= 0.6 is 11.3 Å². The highest BCUT2D eigenvalue weighted by molar-refractivity contribution is 7.25.